The Morgan fingerprint density at radius 1 is 1.11 bits per heavy atom. The number of carbonyl (C=O) groups is 1. The van der Waals surface area contributed by atoms with Crippen molar-refractivity contribution in [3.05, 3.63) is 29.8 Å². The lowest BCUT2D eigenvalue weighted by molar-refractivity contribution is 0.164. The fourth-order valence-corrected chi connectivity index (χ4v) is 2.16. The van der Waals surface area contributed by atoms with Crippen LogP contribution in [0.1, 0.15) is 25.3 Å². The smallest absolute Gasteiger partial charge is 0.321 e. The van der Waals surface area contributed by atoms with E-state index in [1.807, 2.05) is 17.0 Å². The molecule has 1 fully saturated rings. The van der Waals surface area contributed by atoms with Gasteiger partial charge < -0.3 is 15.1 Å². The van der Waals surface area contributed by atoms with Crippen molar-refractivity contribution in [2.24, 2.45) is 0 Å². The van der Waals surface area contributed by atoms with Crippen molar-refractivity contribution >= 4 is 11.7 Å². The summed E-state index contributed by atoms with van der Waals surface area (Å²) in [5.41, 5.74) is 2.16. The van der Waals surface area contributed by atoms with Crippen molar-refractivity contribution in [3.8, 4) is 0 Å². The zero-order valence-electron chi connectivity index (χ0n) is 12.0. The van der Waals surface area contributed by atoms with Gasteiger partial charge in [-0.05, 0) is 30.7 Å². The van der Waals surface area contributed by atoms with Crippen molar-refractivity contribution in [2.45, 2.75) is 19.8 Å². The summed E-state index contributed by atoms with van der Waals surface area (Å²) < 4.78 is 0. The average Bonchev–Trinajstić information content (AvgIpc) is 2.40. The molecule has 0 radical (unpaired) electrons. The van der Waals surface area contributed by atoms with Gasteiger partial charge in [0.15, 0.2) is 0 Å². The third-order valence-electron chi connectivity index (χ3n) is 3.62. The summed E-state index contributed by atoms with van der Waals surface area (Å²) in [6.45, 7) is 7.81. The number of urea groups is 1. The third kappa shape index (κ3) is 3.70. The second kappa shape index (κ2) is 6.06. The fourth-order valence-electron chi connectivity index (χ4n) is 2.16. The summed E-state index contributed by atoms with van der Waals surface area (Å²) in [7, 11) is 2.08. The number of benzene rings is 1. The molecular formula is C15H23N3O. The number of nitrogens with zero attached hydrogens (tertiary/aromatic N) is 2. The van der Waals surface area contributed by atoms with Crippen LogP contribution in [0.2, 0.25) is 0 Å². The van der Waals surface area contributed by atoms with Crippen LogP contribution in [0.3, 0.4) is 0 Å². The number of carbonyl (C=O) groups excluding carboxylic acids is 1. The summed E-state index contributed by atoms with van der Waals surface area (Å²) in [6.07, 6.45) is 0. The molecule has 1 aromatic carbocycles. The van der Waals surface area contributed by atoms with Gasteiger partial charge in [0.05, 0.1) is 0 Å². The molecular weight excluding hydrogens is 238 g/mol. The predicted molar refractivity (Wildman–Crippen MR) is 78.6 cm³/mol. The molecule has 0 bridgehead atoms. The van der Waals surface area contributed by atoms with Gasteiger partial charge in [-0.25, -0.2) is 4.79 Å². The zero-order chi connectivity index (χ0) is 13.8. The molecule has 19 heavy (non-hydrogen) atoms. The highest BCUT2D eigenvalue weighted by molar-refractivity contribution is 5.89. The van der Waals surface area contributed by atoms with E-state index < -0.39 is 0 Å². The molecule has 0 atom stereocenters. The zero-order valence-corrected chi connectivity index (χ0v) is 12.0. The molecule has 4 heteroatoms. The Morgan fingerprint density at radius 3 is 2.21 bits per heavy atom. The first kappa shape index (κ1) is 13.9. The third-order valence-corrected chi connectivity index (χ3v) is 3.62. The molecule has 4 nitrogen and oxygen atoms in total. The molecule has 2 rings (SSSR count). The first-order valence-electron chi connectivity index (χ1n) is 6.90. The molecule has 0 aromatic heterocycles. The van der Waals surface area contributed by atoms with Gasteiger partial charge >= 0.3 is 6.03 Å². The molecule has 1 aliphatic heterocycles. The van der Waals surface area contributed by atoms with Crippen LogP contribution < -0.4 is 5.32 Å². The van der Waals surface area contributed by atoms with Crippen molar-refractivity contribution < 1.29 is 4.79 Å². The molecule has 0 aliphatic carbocycles. The SMILES string of the molecule is CC(C)c1ccc(NC(=O)N2CCN(C)CC2)cc1. The van der Waals surface area contributed by atoms with Crippen LogP contribution in [0, 0.1) is 0 Å². The minimum absolute atomic E-state index is 0.00500. The van der Waals surface area contributed by atoms with E-state index in [2.05, 4.69) is 43.2 Å². The number of piperazine rings is 1. The summed E-state index contributed by atoms with van der Waals surface area (Å²) in [6, 6.07) is 8.10. The molecule has 0 spiro atoms. The second-order valence-electron chi connectivity index (χ2n) is 5.50. The van der Waals surface area contributed by atoms with Crippen molar-refractivity contribution in [2.75, 3.05) is 38.5 Å². The first-order chi connectivity index (χ1) is 9.06. The van der Waals surface area contributed by atoms with Crippen LogP contribution in [0.15, 0.2) is 24.3 Å². The molecule has 0 saturated carbocycles. The molecule has 1 aromatic rings. The minimum Gasteiger partial charge on any atom is -0.322 e. The number of likely N-dealkylation sites (N-methyl/N-ethyl adjacent to an activating group) is 1. The van der Waals surface area contributed by atoms with E-state index in [0.29, 0.717) is 5.92 Å². The number of hydrogen-bond acceptors (Lipinski definition) is 2. The first-order valence-corrected chi connectivity index (χ1v) is 6.90. The van der Waals surface area contributed by atoms with Crippen LogP contribution in [-0.4, -0.2) is 49.1 Å². The molecule has 1 aliphatic rings. The van der Waals surface area contributed by atoms with Gasteiger partial charge in [0.2, 0.25) is 0 Å². The highest BCUT2D eigenvalue weighted by atomic mass is 16.2. The molecule has 1 saturated heterocycles. The van der Waals surface area contributed by atoms with E-state index in [1.54, 1.807) is 0 Å². The number of anilines is 1. The van der Waals surface area contributed by atoms with Crippen LogP contribution in [0.5, 0.6) is 0 Å². The monoisotopic (exact) mass is 261 g/mol. The largest absolute Gasteiger partial charge is 0.322 e. The molecule has 1 heterocycles. The lowest BCUT2D eigenvalue weighted by Gasteiger charge is -2.32. The lowest BCUT2D eigenvalue weighted by Crippen LogP contribution is -2.48. The van der Waals surface area contributed by atoms with Gasteiger partial charge in [-0.3, -0.25) is 0 Å². The number of amides is 2. The van der Waals surface area contributed by atoms with Gasteiger partial charge in [-0.1, -0.05) is 26.0 Å². The molecule has 104 valence electrons. The maximum Gasteiger partial charge on any atom is 0.321 e. The number of nitrogens with one attached hydrogen (secondary N) is 1. The van der Waals surface area contributed by atoms with Crippen molar-refractivity contribution in [1.82, 2.24) is 9.80 Å². The quantitative estimate of drug-likeness (QED) is 0.888. The summed E-state index contributed by atoms with van der Waals surface area (Å²) in [5.74, 6) is 0.516. The maximum atomic E-state index is 12.1. The normalized spacial score (nSPS) is 16.7. The van der Waals surface area contributed by atoms with Gasteiger partial charge in [-0.2, -0.15) is 0 Å². The van der Waals surface area contributed by atoms with Crippen LogP contribution in [0.4, 0.5) is 10.5 Å². The Kier molecular flexibility index (Phi) is 4.43. The fraction of sp³-hybridized carbons (Fsp3) is 0.533. The van der Waals surface area contributed by atoms with Crippen molar-refractivity contribution in [3.63, 3.8) is 0 Å². The Balaban J connectivity index is 1.91. The Labute approximate surface area is 115 Å². The van der Waals surface area contributed by atoms with Gasteiger partial charge in [0.1, 0.15) is 0 Å². The standard InChI is InChI=1S/C15H23N3O/c1-12(2)13-4-6-14(7-5-13)16-15(19)18-10-8-17(3)9-11-18/h4-7,12H,8-11H2,1-3H3,(H,16,19). The topological polar surface area (TPSA) is 35.6 Å². The van der Waals surface area contributed by atoms with Gasteiger partial charge in [0.25, 0.3) is 0 Å². The van der Waals surface area contributed by atoms with Crippen LogP contribution >= 0.6 is 0 Å². The van der Waals surface area contributed by atoms with Gasteiger partial charge in [-0.15, -0.1) is 0 Å². The maximum absolute atomic E-state index is 12.1. The highest BCUT2D eigenvalue weighted by Crippen LogP contribution is 2.17. The Morgan fingerprint density at radius 2 is 1.68 bits per heavy atom. The number of hydrogen-bond donors (Lipinski definition) is 1. The van der Waals surface area contributed by atoms with E-state index in [1.165, 1.54) is 5.56 Å². The molecule has 1 N–H and O–H groups in total. The Bertz CT molecular complexity index is 420. The summed E-state index contributed by atoms with van der Waals surface area (Å²) in [4.78, 5) is 16.2. The van der Waals surface area contributed by atoms with Gasteiger partial charge in [0, 0.05) is 31.9 Å². The van der Waals surface area contributed by atoms with Crippen molar-refractivity contribution in [1.29, 1.82) is 0 Å². The van der Waals surface area contributed by atoms with E-state index in [-0.39, 0.29) is 6.03 Å². The summed E-state index contributed by atoms with van der Waals surface area (Å²) in [5, 5.41) is 2.96. The summed E-state index contributed by atoms with van der Waals surface area (Å²) >= 11 is 0. The van der Waals surface area contributed by atoms with E-state index in [9.17, 15) is 4.79 Å². The number of rotatable bonds is 2. The second-order valence-corrected chi connectivity index (χ2v) is 5.50. The highest BCUT2D eigenvalue weighted by Gasteiger charge is 2.18. The van der Waals surface area contributed by atoms with E-state index >= 15 is 0 Å². The average molecular weight is 261 g/mol. The lowest BCUT2D eigenvalue weighted by atomic mass is 10.0. The molecule has 2 amide bonds. The molecule has 0 unspecified atom stereocenters. The Hall–Kier alpha value is -1.55. The van der Waals surface area contributed by atoms with E-state index in [0.717, 1.165) is 31.9 Å². The van der Waals surface area contributed by atoms with E-state index in [4.69, 9.17) is 0 Å². The van der Waals surface area contributed by atoms with Crippen LogP contribution in [0.25, 0.3) is 0 Å². The predicted octanol–water partition coefficient (Wildman–Crippen LogP) is 2.59. The van der Waals surface area contributed by atoms with Crippen LogP contribution in [-0.2, 0) is 0 Å². The minimum atomic E-state index is 0.00500.